The minimum Gasteiger partial charge on any atom is -0.408 e. The number of aromatic amines is 1. The summed E-state index contributed by atoms with van der Waals surface area (Å²) in [4.78, 5) is 43.8. The molecule has 0 unspecified atom stereocenters. The third-order valence-electron chi connectivity index (χ3n) is 6.42. The Morgan fingerprint density at radius 1 is 1.18 bits per heavy atom. The zero-order valence-corrected chi connectivity index (χ0v) is 21.0. The van der Waals surface area contributed by atoms with Gasteiger partial charge in [-0.25, -0.2) is 31.4 Å². The summed E-state index contributed by atoms with van der Waals surface area (Å²) in [5.74, 6) is -2.54. The van der Waals surface area contributed by atoms with Crippen LogP contribution in [0.2, 0.25) is 0 Å². The number of sulfonamides is 1. The molecule has 13 nitrogen and oxygen atoms in total. The van der Waals surface area contributed by atoms with Crippen molar-refractivity contribution < 1.29 is 26.8 Å². The quantitative estimate of drug-likeness (QED) is 0.303. The average molecular weight is 546 g/mol. The van der Waals surface area contributed by atoms with E-state index in [0.29, 0.717) is 42.6 Å². The molecule has 0 bridgehead atoms. The van der Waals surface area contributed by atoms with Gasteiger partial charge in [0.05, 0.1) is 18.0 Å². The molecule has 1 saturated heterocycles. The van der Waals surface area contributed by atoms with Crippen molar-refractivity contribution in [2.75, 3.05) is 25.9 Å². The van der Waals surface area contributed by atoms with Crippen LogP contribution in [-0.4, -0.2) is 70.0 Å². The highest BCUT2D eigenvalue weighted by atomic mass is 32.2. The Hall–Kier alpha value is -4.11. The zero-order valence-electron chi connectivity index (χ0n) is 20.2. The number of rotatable bonds is 7. The summed E-state index contributed by atoms with van der Waals surface area (Å²) in [6.07, 6.45) is 3.24. The van der Waals surface area contributed by atoms with Crippen LogP contribution < -0.4 is 16.4 Å². The van der Waals surface area contributed by atoms with Crippen LogP contribution in [0.25, 0.3) is 16.7 Å². The number of carbonyl (C=O) groups excluding carboxylic acids is 2. The number of carbonyl (C=O) groups is 2. The topological polar surface area (TPSA) is 172 Å². The predicted octanol–water partition coefficient (Wildman–Crippen LogP) is 0.634. The number of aromatic nitrogens is 4. The molecular formula is C23H24FN7O6S. The number of hydrogen-bond acceptors (Lipinski definition) is 8. The standard InChI is InChI=1S/C23H24FN7O6S/c1-38(35,36)30-6-4-13(5-7-30)10-26-22(33)18-9-17(28-20-15(24)12-27-31(18)20)21(32)25-11-14-2-3-19-16(8-14)29-23(34)37-19/h2-3,8-9,12-13H,4-7,10-11H2,1H3,(H,25,32)(H,26,33)(H,29,34). The van der Waals surface area contributed by atoms with Crippen LogP contribution in [0.1, 0.15) is 39.4 Å². The Kier molecular flexibility index (Phi) is 6.71. The molecular weight excluding hydrogens is 521 g/mol. The molecule has 5 rings (SSSR count). The molecule has 0 spiro atoms. The van der Waals surface area contributed by atoms with Gasteiger partial charge in [-0.15, -0.1) is 0 Å². The van der Waals surface area contributed by atoms with Gasteiger partial charge >= 0.3 is 5.76 Å². The molecule has 3 aromatic heterocycles. The Balaban J connectivity index is 1.28. The Morgan fingerprint density at radius 2 is 1.95 bits per heavy atom. The van der Waals surface area contributed by atoms with Gasteiger partial charge in [-0.3, -0.25) is 14.6 Å². The average Bonchev–Trinajstić information content (AvgIpc) is 3.45. The zero-order chi connectivity index (χ0) is 27.0. The van der Waals surface area contributed by atoms with E-state index in [-0.39, 0.29) is 36.0 Å². The fraction of sp³-hybridized carbons (Fsp3) is 0.348. The van der Waals surface area contributed by atoms with Gasteiger partial charge in [0.1, 0.15) is 11.4 Å². The van der Waals surface area contributed by atoms with Gasteiger partial charge in [-0.05, 0) is 36.5 Å². The summed E-state index contributed by atoms with van der Waals surface area (Å²) in [7, 11) is -3.25. The Bertz CT molecular complexity index is 1700. The largest absolute Gasteiger partial charge is 0.417 e. The maximum absolute atomic E-state index is 14.3. The smallest absolute Gasteiger partial charge is 0.408 e. The first-order valence-corrected chi connectivity index (χ1v) is 13.6. The van der Waals surface area contributed by atoms with E-state index < -0.39 is 33.4 Å². The number of H-pyrrole nitrogens is 1. The first-order chi connectivity index (χ1) is 18.1. The Labute approximate surface area is 215 Å². The number of amides is 2. The number of piperidine rings is 1. The van der Waals surface area contributed by atoms with Gasteiger partial charge in [-0.2, -0.15) is 5.10 Å². The lowest BCUT2D eigenvalue weighted by molar-refractivity contribution is 0.0933. The number of nitrogens with zero attached hydrogens (tertiary/aromatic N) is 4. The number of fused-ring (bicyclic) bond motifs is 2. The number of halogens is 1. The van der Waals surface area contributed by atoms with Crippen molar-refractivity contribution in [2.45, 2.75) is 19.4 Å². The van der Waals surface area contributed by atoms with Crippen molar-refractivity contribution in [3.8, 4) is 0 Å². The molecule has 15 heteroatoms. The lowest BCUT2D eigenvalue weighted by Crippen LogP contribution is -2.41. The van der Waals surface area contributed by atoms with Crippen LogP contribution >= 0.6 is 0 Å². The van der Waals surface area contributed by atoms with E-state index in [2.05, 4.69) is 25.7 Å². The second-order valence-corrected chi connectivity index (χ2v) is 11.1. The highest BCUT2D eigenvalue weighted by Crippen LogP contribution is 2.19. The molecule has 4 heterocycles. The van der Waals surface area contributed by atoms with Crippen molar-refractivity contribution in [1.29, 1.82) is 0 Å². The van der Waals surface area contributed by atoms with Gasteiger partial charge in [0, 0.05) is 32.2 Å². The maximum Gasteiger partial charge on any atom is 0.417 e. The van der Waals surface area contributed by atoms with E-state index in [4.69, 9.17) is 4.42 Å². The minimum absolute atomic E-state index is 0.0638. The van der Waals surface area contributed by atoms with E-state index in [0.717, 1.165) is 10.7 Å². The summed E-state index contributed by atoms with van der Waals surface area (Å²) in [5.41, 5.74) is 0.992. The molecule has 0 atom stereocenters. The van der Waals surface area contributed by atoms with E-state index >= 15 is 0 Å². The molecule has 1 aromatic carbocycles. The third kappa shape index (κ3) is 5.28. The van der Waals surface area contributed by atoms with Gasteiger partial charge < -0.3 is 15.1 Å². The summed E-state index contributed by atoms with van der Waals surface area (Å²) in [6.45, 7) is 1.10. The summed E-state index contributed by atoms with van der Waals surface area (Å²) in [5, 5.41) is 9.32. The molecule has 0 radical (unpaired) electrons. The molecule has 0 saturated carbocycles. The van der Waals surface area contributed by atoms with Crippen molar-refractivity contribution in [3.63, 3.8) is 0 Å². The molecule has 4 aromatic rings. The highest BCUT2D eigenvalue weighted by molar-refractivity contribution is 7.88. The molecule has 1 aliphatic heterocycles. The maximum atomic E-state index is 14.3. The van der Waals surface area contributed by atoms with Gasteiger partial charge in [0.25, 0.3) is 11.8 Å². The fourth-order valence-corrected chi connectivity index (χ4v) is 5.24. The molecule has 1 fully saturated rings. The number of nitrogens with one attached hydrogen (secondary N) is 3. The van der Waals surface area contributed by atoms with Crippen molar-refractivity contribution in [2.24, 2.45) is 5.92 Å². The lowest BCUT2D eigenvalue weighted by atomic mass is 9.98. The van der Waals surface area contributed by atoms with E-state index in [1.54, 1.807) is 18.2 Å². The van der Waals surface area contributed by atoms with Crippen LogP contribution in [0, 0.1) is 11.7 Å². The van der Waals surface area contributed by atoms with Gasteiger partial charge in [0.2, 0.25) is 10.0 Å². The minimum atomic E-state index is -3.25. The fourth-order valence-electron chi connectivity index (χ4n) is 4.37. The van der Waals surface area contributed by atoms with Crippen LogP contribution in [0.15, 0.2) is 39.7 Å². The SMILES string of the molecule is CS(=O)(=O)N1CCC(CNC(=O)c2cc(C(=O)NCc3ccc4oc(=O)[nH]c4c3)nc3c(F)cnn23)CC1. The van der Waals surface area contributed by atoms with Gasteiger partial charge in [-0.1, -0.05) is 6.07 Å². The molecule has 200 valence electrons. The second-order valence-electron chi connectivity index (χ2n) is 9.10. The number of oxazole rings is 1. The van der Waals surface area contributed by atoms with Crippen LogP contribution in [0.4, 0.5) is 4.39 Å². The molecule has 0 aliphatic carbocycles. The normalized spacial score (nSPS) is 15.2. The molecule has 2 amide bonds. The third-order valence-corrected chi connectivity index (χ3v) is 7.73. The lowest BCUT2D eigenvalue weighted by Gasteiger charge is -2.30. The summed E-state index contributed by atoms with van der Waals surface area (Å²) >= 11 is 0. The van der Waals surface area contributed by atoms with Crippen LogP contribution in [0.5, 0.6) is 0 Å². The molecule has 1 aliphatic rings. The van der Waals surface area contributed by atoms with Crippen molar-refractivity contribution >= 4 is 38.6 Å². The predicted molar refractivity (Wildman–Crippen MR) is 132 cm³/mol. The molecule has 3 N–H and O–H groups in total. The van der Waals surface area contributed by atoms with E-state index in [1.165, 1.54) is 16.6 Å². The second kappa shape index (κ2) is 9.98. The van der Waals surface area contributed by atoms with Crippen molar-refractivity contribution in [3.05, 3.63) is 63.8 Å². The van der Waals surface area contributed by atoms with Gasteiger partial charge in [0.15, 0.2) is 17.0 Å². The number of benzene rings is 1. The van der Waals surface area contributed by atoms with E-state index in [1.807, 2.05) is 0 Å². The van der Waals surface area contributed by atoms with E-state index in [9.17, 15) is 27.2 Å². The highest BCUT2D eigenvalue weighted by Gasteiger charge is 2.26. The van der Waals surface area contributed by atoms with Crippen molar-refractivity contribution in [1.82, 2.24) is 34.5 Å². The summed E-state index contributed by atoms with van der Waals surface area (Å²) in [6, 6.07) is 6.14. The first-order valence-electron chi connectivity index (χ1n) is 11.8. The monoisotopic (exact) mass is 545 g/mol. The Morgan fingerprint density at radius 3 is 2.68 bits per heavy atom. The first kappa shape index (κ1) is 25.5. The number of hydrogen-bond donors (Lipinski definition) is 3. The van der Waals surface area contributed by atoms with Crippen LogP contribution in [0.3, 0.4) is 0 Å². The summed E-state index contributed by atoms with van der Waals surface area (Å²) < 4.78 is 45.1. The van der Waals surface area contributed by atoms with Crippen LogP contribution in [-0.2, 0) is 16.6 Å². The molecule has 38 heavy (non-hydrogen) atoms.